The SMILES string of the molecule is O=C(C1CCCO1)N(CC1CC1)CC1CCCN1. The Morgan fingerprint density at radius 3 is 2.67 bits per heavy atom. The van der Waals surface area contributed by atoms with Crippen molar-refractivity contribution in [2.45, 2.75) is 50.7 Å². The van der Waals surface area contributed by atoms with E-state index in [1.54, 1.807) is 0 Å². The second-order valence-electron chi connectivity index (χ2n) is 5.98. The molecular formula is C14H24N2O2. The lowest BCUT2D eigenvalue weighted by Gasteiger charge is -2.28. The van der Waals surface area contributed by atoms with Crippen molar-refractivity contribution in [2.75, 3.05) is 26.2 Å². The molecule has 0 bridgehead atoms. The summed E-state index contributed by atoms with van der Waals surface area (Å²) in [5.74, 6) is 1.00. The fraction of sp³-hybridized carbons (Fsp3) is 0.929. The summed E-state index contributed by atoms with van der Waals surface area (Å²) in [6.45, 7) is 3.71. The Morgan fingerprint density at radius 2 is 2.06 bits per heavy atom. The van der Waals surface area contributed by atoms with Crippen LogP contribution in [0.1, 0.15) is 38.5 Å². The van der Waals surface area contributed by atoms with E-state index in [1.165, 1.54) is 25.7 Å². The molecule has 0 aromatic heterocycles. The smallest absolute Gasteiger partial charge is 0.251 e. The van der Waals surface area contributed by atoms with Crippen LogP contribution in [0.2, 0.25) is 0 Å². The van der Waals surface area contributed by atoms with E-state index in [4.69, 9.17) is 4.74 Å². The summed E-state index contributed by atoms with van der Waals surface area (Å²) in [5, 5.41) is 3.49. The number of hydrogen-bond acceptors (Lipinski definition) is 3. The normalized spacial score (nSPS) is 31.8. The summed E-state index contributed by atoms with van der Waals surface area (Å²) < 4.78 is 5.55. The fourth-order valence-electron chi connectivity index (χ4n) is 3.02. The van der Waals surface area contributed by atoms with Crippen LogP contribution in [0.3, 0.4) is 0 Å². The molecule has 2 heterocycles. The highest BCUT2D eigenvalue weighted by atomic mass is 16.5. The third kappa shape index (κ3) is 3.04. The number of carbonyl (C=O) groups is 1. The van der Waals surface area contributed by atoms with Crippen molar-refractivity contribution in [2.24, 2.45) is 5.92 Å². The second kappa shape index (κ2) is 5.57. The van der Waals surface area contributed by atoms with Gasteiger partial charge in [-0.05, 0) is 51.0 Å². The molecule has 3 rings (SSSR count). The van der Waals surface area contributed by atoms with Crippen molar-refractivity contribution in [1.82, 2.24) is 10.2 Å². The molecule has 3 aliphatic rings. The highest BCUT2D eigenvalue weighted by Crippen LogP contribution is 2.30. The van der Waals surface area contributed by atoms with Crippen LogP contribution in [-0.2, 0) is 9.53 Å². The van der Waals surface area contributed by atoms with Crippen molar-refractivity contribution >= 4 is 5.91 Å². The Kier molecular flexibility index (Phi) is 3.85. The van der Waals surface area contributed by atoms with E-state index in [0.29, 0.717) is 6.04 Å². The molecule has 0 aromatic rings. The quantitative estimate of drug-likeness (QED) is 0.798. The molecule has 4 nitrogen and oxygen atoms in total. The summed E-state index contributed by atoms with van der Waals surface area (Å²) in [5.41, 5.74) is 0. The fourth-order valence-corrected chi connectivity index (χ4v) is 3.02. The van der Waals surface area contributed by atoms with Gasteiger partial charge in [-0.3, -0.25) is 4.79 Å². The minimum atomic E-state index is -0.148. The number of nitrogens with zero attached hydrogens (tertiary/aromatic N) is 1. The predicted molar refractivity (Wildman–Crippen MR) is 69.3 cm³/mol. The third-order valence-electron chi connectivity index (χ3n) is 4.30. The van der Waals surface area contributed by atoms with Gasteiger partial charge in [-0.25, -0.2) is 0 Å². The zero-order chi connectivity index (χ0) is 12.4. The molecule has 2 unspecified atom stereocenters. The lowest BCUT2D eigenvalue weighted by molar-refractivity contribution is -0.141. The van der Waals surface area contributed by atoms with Gasteiger partial charge >= 0.3 is 0 Å². The molecular weight excluding hydrogens is 228 g/mol. The monoisotopic (exact) mass is 252 g/mol. The molecule has 1 amide bonds. The van der Waals surface area contributed by atoms with E-state index in [0.717, 1.165) is 45.0 Å². The Labute approximate surface area is 109 Å². The van der Waals surface area contributed by atoms with Gasteiger partial charge in [0.15, 0.2) is 0 Å². The summed E-state index contributed by atoms with van der Waals surface area (Å²) in [6.07, 6.45) is 6.86. The molecule has 2 aliphatic heterocycles. The highest BCUT2D eigenvalue weighted by Gasteiger charge is 2.33. The van der Waals surface area contributed by atoms with Crippen molar-refractivity contribution in [3.8, 4) is 0 Å². The minimum Gasteiger partial charge on any atom is -0.368 e. The number of hydrogen-bond donors (Lipinski definition) is 1. The van der Waals surface area contributed by atoms with E-state index in [1.807, 2.05) is 0 Å². The van der Waals surface area contributed by atoms with Crippen molar-refractivity contribution in [3.05, 3.63) is 0 Å². The van der Waals surface area contributed by atoms with E-state index in [-0.39, 0.29) is 12.0 Å². The molecule has 1 N–H and O–H groups in total. The molecule has 1 aliphatic carbocycles. The van der Waals surface area contributed by atoms with Gasteiger partial charge in [0, 0.05) is 25.7 Å². The first-order chi connectivity index (χ1) is 8.83. The first-order valence-electron chi connectivity index (χ1n) is 7.46. The molecule has 2 saturated heterocycles. The number of amides is 1. The Hall–Kier alpha value is -0.610. The molecule has 0 radical (unpaired) electrons. The summed E-state index contributed by atoms with van der Waals surface area (Å²) in [7, 11) is 0. The molecule has 1 saturated carbocycles. The van der Waals surface area contributed by atoms with Gasteiger partial charge in [0.1, 0.15) is 6.10 Å². The standard InChI is InChI=1S/C14H24N2O2/c17-14(13-4-2-8-18-13)16(9-11-5-6-11)10-12-3-1-7-15-12/h11-13,15H,1-10H2. The lowest BCUT2D eigenvalue weighted by Crippen LogP contribution is -2.46. The molecule has 2 atom stereocenters. The van der Waals surface area contributed by atoms with Crippen LogP contribution in [0.5, 0.6) is 0 Å². The Balaban J connectivity index is 1.57. The summed E-state index contributed by atoms with van der Waals surface area (Å²) in [6, 6.07) is 0.508. The Bertz CT molecular complexity index is 292. The zero-order valence-electron chi connectivity index (χ0n) is 11.1. The molecule has 0 aromatic carbocycles. The molecule has 4 heteroatoms. The van der Waals surface area contributed by atoms with E-state index in [9.17, 15) is 4.79 Å². The van der Waals surface area contributed by atoms with Crippen LogP contribution >= 0.6 is 0 Å². The van der Waals surface area contributed by atoms with Crippen LogP contribution in [0, 0.1) is 5.92 Å². The summed E-state index contributed by atoms with van der Waals surface area (Å²) in [4.78, 5) is 14.5. The number of carbonyl (C=O) groups excluding carboxylic acids is 1. The van der Waals surface area contributed by atoms with Gasteiger partial charge < -0.3 is 15.0 Å². The van der Waals surface area contributed by atoms with Gasteiger partial charge in [0.05, 0.1) is 0 Å². The van der Waals surface area contributed by atoms with Crippen molar-refractivity contribution in [1.29, 1.82) is 0 Å². The van der Waals surface area contributed by atoms with E-state index in [2.05, 4.69) is 10.2 Å². The first kappa shape index (κ1) is 12.4. The highest BCUT2D eigenvalue weighted by molar-refractivity contribution is 5.81. The third-order valence-corrected chi connectivity index (χ3v) is 4.30. The van der Waals surface area contributed by atoms with E-state index >= 15 is 0 Å². The van der Waals surface area contributed by atoms with Crippen molar-refractivity contribution < 1.29 is 9.53 Å². The maximum atomic E-state index is 12.5. The van der Waals surface area contributed by atoms with E-state index < -0.39 is 0 Å². The topological polar surface area (TPSA) is 41.6 Å². The number of ether oxygens (including phenoxy) is 1. The maximum Gasteiger partial charge on any atom is 0.251 e. The molecule has 3 fully saturated rings. The molecule has 0 spiro atoms. The minimum absolute atomic E-state index is 0.148. The van der Waals surface area contributed by atoms with Gasteiger partial charge in [-0.15, -0.1) is 0 Å². The van der Waals surface area contributed by atoms with Crippen molar-refractivity contribution in [3.63, 3.8) is 0 Å². The van der Waals surface area contributed by atoms with Crippen LogP contribution < -0.4 is 5.32 Å². The maximum absolute atomic E-state index is 12.5. The van der Waals surface area contributed by atoms with Gasteiger partial charge in [0.25, 0.3) is 5.91 Å². The summed E-state index contributed by atoms with van der Waals surface area (Å²) >= 11 is 0. The average molecular weight is 252 g/mol. The Morgan fingerprint density at radius 1 is 1.17 bits per heavy atom. The molecule has 18 heavy (non-hydrogen) atoms. The largest absolute Gasteiger partial charge is 0.368 e. The van der Waals surface area contributed by atoms with Crippen LogP contribution in [0.25, 0.3) is 0 Å². The second-order valence-corrected chi connectivity index (χ2v) is 5.98. The average Bonchev–Trinajstić information content (AvgIpc) is 2.88. The molecule has 102 valence electrons. The lowest BCUT2D eigenvalue weighted by atomic mass is 10.1. The van der Waals surface area contributed by atoms with Crippen LogP contribution in [0.4, 0.5) is 0 Å². The number of nitrogens with one attached hydrogen (secondary N) is 1. The predicted octanol–water partition coefficient (Wildman–Crippen LogP) is 1.16. The van der Waals surface area contributed by atoms with Gasteiger partial charge in [-0.2, -0.15) is 0 Å². The first-order valence-corrected chi connectivity index (χ1v) is 7.46. The zero-order valence-corrected chi connectivity index (χ0v) is 11.1. The van der Waals surface area contributed by atoms with Gasteiger partial charge in [-0.1, -0.05) is 0 Å². The number of rotatable bonds is 5. The van der Waals surface area contributed by atoms with Gasteiger partial charge in [0.2, 0.25) is 0 Å². The van der Waals surface area contributed by atoms with Crippen LogP contribution in [-0.4, -0.2) is 49.2 Å². The van der Waals surface area contributed by atoms with Crippen LogP contribution in [0.15, 0.2) is 0 Å².